The third kappa shape index (κ3) is 2.89. The maximum absolute atomic E-state index is 12.1. The molecule has 0 aliphatic heterocycles. The van der Waals surface area contributed by atoms with Gasteiger partial charge < -0.3 is 9.84 Å². The lowest BCUT2D eigenvalue weighted by atomic mass is 10.1. The van der Waals surface area contributed by atoms with Gasteiger partial charge in [-0.25, -0.2) is 0 Å². The number of amides is 1. The van der Waals surface area contributed by atoms with Gasteiger partial charge in [-0.3, -0.25) is 9.48 Å². The fourth-order valence-corrected chi connectivity index (χ4v) is 1.98. The van der Waals surface area contributed by atoms with Crippen molar-refractivity contribution in [1.29, 1.82) is 0 Å². The van der Waals surface area contributed by atoms with E-state index in [-0.39, 0.29) is 11.8 Å². The number of rotatable bonds is 4. The number of hydrogen-bond donors (Lipinski definition) is 1. The smallest absolute Gasteiger partial charge is 0.230 e. The predicted octanol–water partition coefficient (Wildman–Crippen LogP) is 2.38. The van der Waals surface area contributed by atoms with Crippen LogP contribution in [-0.2, 0) is 11.3 Å². The van der Waals surface area contributed by atoms with E-state index in [1.54, 1.807) is 13.0 Å². The zero-order valence-electron chi connectivity index (χ0n) is 12.5. The first-order valence-electron chi connectivity index (χ1n) is 6.63. The maximum Gasteiger partial charge on any atom is 0.230 e. The molecule has 6 nitrogen and oxygen atoms in total. The van der Waals surface area contributed by atoms with Gasteiger partial charge in [0.05, 0.1) is 18.2 Å². The van der Waals surface area contributed by atoms with Crippen LogP contribution in [-0.4, -0.2) is 20.8 Å². The largest absolute Gasteiger partial charge is 0.360 e. The first-order valence-corrected chi connectivity index (χ1v) is 6.63. The number of nitrogens with one attached hydrogen (secondary N) is 1. The number of carbonyl (C=O) groups is 1. The highest BCUT2D eigenvalue weighted by molar-refractivity contribution is 5.91. The molecular formula is C14H20N4O2. The summed E-state index contributed by atoms with van der Waals surface area (Å²) in [7, 11) is 0. The molecule has 1 amide bonds. The molecule has 0 spiro atoms. The second-order valence-corrected chi connectivity index (χ2v) is 5.19. The molecule has 1 N–H and O–H groups in total. The quantitative estimate of drug-likeness (QED) is 0.930. The van der Waals surface area contributed by atoms with Crippen molar-refractivity contribution in [3.05, 3.63) is 28.8 Å². The van der Waals surface area contributed by atoms with Gasteiger partial charge in [-0.05, 0) is 33.3 Å². The molecule has 0 aliphatic rings. The molecule has 2 aromatic heterocycles. The van der Waals surface area contributed by atoms with Gasteiger partial charge >= 0.3 is 0 Å². The summed E-state index contributed by atoms with van der Waals surface area (Å²) < 4.78 is 6.80. The Morgan fingerprint density at radius 3 is 2.60 bits per heavy atom. The van der Waals surface area contributed by atoms with Crippen LogP contribution in [0.25, 0.3) is 0 Å². The zero-order chi connectivity index (χ0) is 14.9. The van der Waals surface area contributed by atoms with Crippen LogP contribution >= 0.6 is 0 Å². The third-order valence-electron chi connectivity index (χ3n) is 3.52. The summed E-state index contributed by atoms with van der Waals surface area (Å²) in [5.41, 5.74) is 3.27. The average molecular weight is 276 g/mol. The van der Waals surface area contributed by atoms with Gasteiger partial charge in [0, 0.05) is 11.8 Å². The molecule has 108 valence electrons. The Morgan fingerprint density at radius 2 is 2.10 bits per heavy atom. The normalized spacial score (nSPS) is 12.4. The maximum atomic E-state index is 12.1. The molecule has 0 saturated heterocycles. The van der Waals surface area contributed by atoms with Gasteiger partial charge in [-0.1, -0.05) is 12.1 Å². The van der Waals surface area contributed by atoms with E-state index in [0.29, 0.717) is 18.1 Å². The van der Waals surface area contributed by atoms with Gasteiger partial charge in [0.2, 0.25) is 5.91 Å². The SMILES string of the molecule is Cc1cc(NC(=O)C(C)Cn2nc(C)c(C)c2C)no1. The van der Waals surface area contributed by atoms with Crippen molar-refractivity contribution < 1.29 is 9.32 Å². The Hall–Kier alpha value is -2.11. The molecule has 0 bridgehead atoms. The minimum absolute atomic E-state index is 0.0940. The van der Waals surface area contributed by atoms with E-state index in [1.165, 1.54) is 5.56 Å². The van der Waals surface area contributed by atoms with Gasteiger partial charge in [-0.15, -0.1) is 0 Å². The Labute approximate surface area is 118 Å². The lowest BCUT2D eigenvalue weighted by Gasteiger charge is -2.12. The lowest BCUT2D eigenvalue weighted by molar-refractivity contribution is -0.119. The minimum Gasteiger partial charge on any atom is -0.360 e. The van der Waals surface area contributed by atoms with Crippen LogP contribution in [0.1, 0.15) is 29.6 Å². The number of aryl methyl sites for hydroxylation is 2. The van der Waals surface area contributed by atoms with Gasteiger partial charge in [0.1, 0.15) is 5.76 Å². The molecule has 0 aromatic carbocycles. The van der Waals surface area contributed by atoms with Crippen LogP contribution in [0.15, 0.2) is 10.6 Å². The van der Waals surface area contributed by atoms with Crippen molar-refractivity contribution in [2.24, 2.45) is 5.92 Å². The van der Waals surface area contributed by atoms with Gasteiger partial charge in [-0.2, -0.15) is 5.10 Å². The average Bonchev–Trinajstić information content (AvgIpc) is 2.89. The Bertz CT molecular complexity index is 627. The van der Waals surface area contributed by atoms with E-state index < -0.39 is 0 Å². The van der Waals surface area contributed by atoms with E-state index in [1.807, 2.05) is 32.4 Å². The van der Waals surface area contributed by atoms with Crippen molar-refractivity contribution in [2.45, 2.75) is 41.2 Å². The summed E-state index contributed by atoms with van der Waals surface area (Å²) in [6.45, 7) is 10.2. The molecule has 0 saturated carbocycles. The van der Waals surface area contributed by atoms with Crippen molar-refractivity contribution in [3.8, 4) is 0 Å². The van der Waals surface area contributed by atoms with Gasteiger partial charge in [0.15, 0.2) is 5.82 Å². The number of anilines is 1. The van der Waals surface area contributed by atoms with Crippen molar-refractivity contribution >= 4 is 11.7 Å². The van der Waals surface area contributed by atoms with Gasteiger partial charge in [0.25, 0.3) is 0 Å². The van der Waals surface area contributed by atoms with Crippen molar-refractivity contribution in [3.63, 3.8) is 0 Å². The molecule has 2 aromatic rings. The number of aromatic nitrogens is 3. The molecule has 2 rings (SSSR count). The van der Waals surface area contributed by atoms with Crippen molar-refractivity contribution in [1.82, 2.24) is 14.9 Å². The Balaban J connectivity index is 2.02. The number of hydrogen-bond acceptors (Lipinski definition) is 4. The second kappa shape index (κ2) is 5.48. The molecule has 0 radical (unpaired) electrons. The molecule has 1 unspecified atom stereocenters. The van der Waals surface area contributed by atoms with E-state index in [4.69, 9.17) is 4.52 Å². The monoisotopic (exact) mass is 276 g/mol. The first kappa shape index (κ1) is 14.3. The molecule has 20 heavy (non-hydrogen) atoms. The van der Waals surface area contributed by atoms with Crippen LogP contribution in [0.5, 0.6) is 0 Å². The standard InChI is InChI=1S/C14H20N4O2/c1-8(7-18-12(5)10(3)11(4)16-18)14(19)15-13-6-9(2)20-17-13/h6,8H,7H2,1-5H3,(H,15,17,19). The molecular weight excluding hydrogens is 256 g/mol. The zero-order valence-corrected chi connectivity index (χ0v) is 12.5. The van der Waals surface area contributed by atoms with E-state index in [2.05, 4.69) is 15.6 Å². The highest BCUT2D eigenvalue weighted by Gasteiger charge is 2.17. The first-order chi connectivity index (χ1) is 9.38. The van der Waals surface area contributed by atoms with Crippen LogP contribution in [0.3, 0.4) is 0 Å². The van der Waals surface area contributed by atoms with Crippen LogP contribution < -0.4 is 5.32 Å². The van der Waals surface area contributed by atoms with Crippen LogP contribution in [0, 0.1) is 33.6 Å². The summed E-state index contributed by atoms with van der Waals surface area (Å²) in [5.74, 6) is 0.818. The summed E-state index contributed by atoms with van der Waals surface area (Å²) >= 11 is 0. The second-order valence-electron chi connectivity index (χ2n) is 5.19. The summed E-state index contributed by atoms with van der Waals surface area (Å²) in [4.78, 5) is 12.1. The highest BCUT2D eigenvalue weighted by atomic mass is 16.5. The number of carbonyl (C=O) groups excluding carboxylic acids is 1. The lowest BCUT2D eigenvalue weighted by Crippen LogP contribution is -2.25. The van der Waals surface area contributed by atoms with Crippen molar-refractivity contribution in [2.75, 3.05) is 5.32 Å². The fourth-order valence-electron chi connectivity index (χ4n) is 1.98. The van der Waals surface area contributed by atoms with E-state index in [0.717, 1.165) is 11.4 Å². The third-order valence-corrected chi connectivity index (χ3v) is 3.52. The van der Waals surface area contributed by atoms with Crippen LogP contribution in [0.4, 0.5) is 5.82 Å². The topological polar surface area (TPSA) is 73.0 Å². The summed E-state index contributed by atoms with van der Waals surface area (Å²) in [6, 6.07) is 1.69. The predicted molar refractivity (Wildman–Crippen MR) is 75.5 cm³/mol. The van der Waals surface area contributed by atoms with E-state index in [9.17, 15) is 4.79 Å². The molecule has 0 fully saturated rings. The van der Waals surface area contributed by atoms with E-state index >= 15 is 0 Å². The Morgan fingerprint density at radius 1 is 1.40 bits per heavy atom. The molecule has 6 heteroatoms. The molecule has 0 aliphatic carbocycles. The fraction of sp³-hybridized carbons (Fsp3) is 0.500. The van der Waals surface area contributed by atoms with Crippen LogP contribution in [0.2, 0.25) is 0 Å². The molecule has 2 heterocycles. The minimum atomic E-state index is -0.204. The molecule has 1 atom stereocenters. The Kier molecular flexibility index (Phi) is 3.92. The highest BCUT2D eigenvalue weighted by Crippen LogP contribution is 2.14. The summed E-state index contributed by atoms with van der Waals surface area (Å²) in [6.07, 6.45) is 0. The summed E-state index contributed by atoms with van der Waals surface area (Å²) in [5, 5.41) is 10.9. The number of nitrogens with zero attached hydrogens (tertiary/aromatic N) is 3.